The Morgan fingerprint density at radius 2 is 1.81 bits per heavy atom. The zero-order valence-corrected chi connectivity index (χ0v) is 14.6. The molecule has 4 rings (SSSR count). The molecule has 0 radical (unpaired) electrons. The Balaban J connectivity index is 1.35. The number of urea groups is 1. The Morgan fingerprint density at radius 3 is 2.58 bits per heavy atom. The third kappa shape index (κ3) is 3.35. The van der Waals surface area contributed by atoms with Crippen LogP contribution in [0.25, 0.3) is 0 Å². The predicted octanol–water partition coefficient (Wildman–Crippen LogP) is 3.56. The third-order valence-electron chi connectivity index (χ3n) is 4.46. The molecule has 8 heteroatoms. The molecule has 0 saturated carbocycles. The van der Waals surface area contributed by atoms with E-state index in [4.69, 9.17) is 21.1 Å². The monoisotopic (exact) mass is 377 g/mol. The maximum Gasteiger partial charge on any atom is 0.321 e. The van der Waals surface area contributed by atoms with Crippen LogP contribution in [0.2, 0.25) is 5.02 Å². The topological polar surface area (TPSA) is 54.0 Å². The fourth-order valence-electron chi connectivity index (χ4n) is 3.03. The van der Waals surface area contributed by atoms with Crippen LogP contribution in [0.1, 0.15) is 0 Å². The molecule has 0 atom stereocenters. The van der Waals surface area contributed by atoms with Crippen LogP contribution in [-0.4, -0.2) is 43.9 Å². The summed E-state index contributed by atoms with van der Waals surface area (Å²) in [6.07, 6.45) is 0. The van der Waals surface area contributed by atoms with E-state index >= 15 is 0 Å². The zero-order chi connectivity index (χ0) is 18.1. The van der Waals surface area contributed by atoms with Gasteiger partial charge in [-0.1, -0.05) is 11.6 Å². The van der Waals surface area contributed by atoms with Crippen molar-refractivity contribution in [3.63, 3.8) is 0 Å². The summed E-state index contributed by atoms with van der Waals surface area (Å²) < 4.78 is 23.9. The van der Waals surface area contributed by atoms with Crippen molar-refractivity contribution in [1.29, 1.82) is 0 Å². The molecule has 0 unspecified atom stereocenters. The third-order valence-corrected chi connectivity index (χ3v) is 4.75. The Hall–Kier alpha value is -2.67. The number of ether oxygens (including phenoxy) is 2. The first kappa shape index (κ1) is 16.8. The second kappa shape index (κ2) is 6.92. The van der Waals surface area contributed by atoms with Crippen molar-refractivity contribution in [2.45, 2.75) is 0 Å². The van der Waals surface area contributed by atoms with Gasteiger partial charge in [0.1, 0.15) is 5.82 Å². The molecule has 2 aliphatic rings. The van der Waals surface area contributed by atoms with Gasteiger partial charge in [0, 0.05) is 43.6 Å². The van der Waals surface area contributed by atoms with Gasteiger partial charge in [-0.05, 0) is 30.3 Å². The fraction of sp³-hybridized carbons (Fsp3) is 0.278. The molecule has 1 N–H and O–H groups in total. The Bertz CT molecular complexity index is 840. The summed E-state index contributed by atoms with van der Waals surface area (Å²) in [5.41, 5.74) is 1.51. The minimum atomic E-state index is -0.433. The first-order valence-corrected chi connectivity index (χ1v) is 8.63. The van der Waals surface area contributed by atoms with E-state index in [1.165, 1.54) is 6.07 Å². The van der Waals surface area contributed by atoms with E-state index in [1.807, 2.05) is 0 Å². The van der Waals surface area contributed by atoms with E-state index in [0.717, 1.165) is 5.69 Å². The van der Waals surface area contributed by atoms with Crippen molar-refractivity contribution >= 4 is 29.0 Å². The van der Waals surface area contributed by atoms with Crippen molar-refractivity contribution in [1.82, 2.24) is 4.90 Å². The summed E-state index contributed by atoms with van der Waals surface area (Å²) in [4.78, 5) is 16.3. The van der Waals surface area contributed by atoms with Crippen LogP contribution in [0.4, 0.5) is 20.6 Å². The van der Waals surface area contributed by atoms with E-state index in [2.05, 4.69) is 10.2 Å². The van der Waals surface area contributed by atoms with Gasteiger partial charge in [0.25, 0.3) is 0 Å². The molecule has 1 saturated heterocycles. The first-order valence-electron chi connectivity index (χ1n) is 8.26. The van der Waals surface area contributed by atoms with E-state index in [-0.39, 0.29) is 17.8 Å². The van der Waals surface area contributed by atoms with Gasteiger partial charge in [-0.15, -0.1) is 0 Å². The van der Waals surface area contributed by atoms with Gasteiger partial charge in [-0.25, -0.2) is 9.18 Å². The van der Waals surface area contributed by atoms with Crippen molar-refractivity contribution in [3.05, 3.63) is 47.2 Å². The lowest BCUT2D eigenvalue weighted by Gasteiger charge is -2.36. The molecule has 1 fully saturated rings. The van der Waals surface area contributed by atoms with Gasteiger partial charge in [-0.3, -0.25) is 0 Å². The van der Waals surface area contributed by atoms with Gasteiger partial charge in [0.05, 0.1) is 5.02 Å². The summed E-state index contributed by atoms with van der Waals surface area (Å²) in [5, 5.41) is 2.98. The number of carbonyl (C=O) groups is 1. The number of piperazine rings is 1. The van der Waals surface area contributed by atoms with Crippen LogP contribution in [-0.2, 0) is 0 Å². The highest BCUT2D eigenvalue weighted by atomic mass is 35.5. The number of rotatable bonds is 2. The number of nitrogens with zero attached hydrogens (tertiary/aromatic N) is 2. The molecule has 2 aromatic rings. The summed E-state index contributed by atoms with van der Waals surface area (Å²) >= 11 is 5.85. The molecule has 0 spiro atoms. The summed E-state index contributed by atoms with van der Waals surface area (Å²) in [6.45, 7) is 2.62. The minimum absolute atomic E-state index is 0.102. The van der Waals surface area contributed by atoms with Crippen LogP contribution in [0.5, 0.6) is 11.5 Å². The lowest BCUT2D eigenvalue weighted by atomic mass is 10.2. The highest BCUT2D eigenvalue weighted by Crippen LogP contribution is 2.34. The number of amides is 2. The number of hydrogen-bond donors (Lipinski definition) is 1. The number of halogens is 2. The molecular formula is C18H17ClFN3O3. The van der Waals surface area contributed by atoms with Crippen LogP contribution < -0.4 is 19.7 Å². The lowest BCUT2D eigenvalue weighted by molar-refractivity contribution is 0.174. The maximum atomic E-state index is 13.3. The second-order valence-corrected chi connectivity index (χ2v) is 6.48. The smallest absolute Gasteiger partial charge is 0.321 e. The number of benzene rings is 2. The van der Waals surface area contributed by atoms with E-state index in [9.17, 15) is 9.18 Å². The molecule has 2 aromatic carbocycles. The number of anilines is 2. The van der Waals surface area contributed by atoms with Crippen molar-refractivity contribution in [2.24, 2.45) is 0 Å². The average Bonchev–Trinajstić information content (AvgIpc) is 3.12. The first-order chi connectivity index (χ1) is 12.6. The minimum Gasteiger partial charge on any atom is -0.454 e. The molecule has 2 heterocycles. The summed E-state index contributed by atoms with van der Waals surface area (Å²) in [6, 6.07) is 9.80. The highest BCUT2D eigenvalue weighted by molar-refractivity contribution is 6.31. The fourth-order valence-corrected chi connectivity index (χ4v) is 3.20. The zero-order valence-electron chi connectivity index (χ0n) is 13.9. The van der Waals surface area contributed by atoms with Crippen molar-refractivity contribution in [2.75, 3.05) is 43.2 Å². The quantitative estimate of drug-likeness (QED) is 0.869. The molecule has 2 amide bonds. The molecular weight excluding hydrogens is 361 g/mol. The predicted molar refractivity (Wildman–Crippen MR) is 96.8 cm³/mol. The van der Waals surface area contributed by atoms with Crippen LogP contribution in [0.15, 0.2) is 36.4 Å². The molecule has 6 nitrogen and oxygen atoms in total. The van der Waals surface area contributed by atoms with E-state index in [0.29, 0.717) is 43.4 Å². The Morgan fingerprint density at radius 1 is 1.04 bits per heavy atom. The Kier molecular flexibility index (Phi) is 4.46. The van der Waals surface area contributed by atoms with Crippen LogP contribution in [0.3, 0.4) is 0 Å². The average molecular weight is 378 g/mol. The van der Waals surface area contributed by atoms with Crippen LogP contribution in [0, 0.1) is 5.82 Å². The van der Waals surface area contributed by atoms with Crippen molar-refractivity contribution in [3.8, 4) is 11.5 Å². The standard InChI is InChI=1S/C18H17ClFN3O3/c19-14-10-13(2-3-15(14)20)22-5-7-23(8-6-22)18(24)21-12-1-4-16-17(9-12)26-11-25-16/h1-4,9-10H,5-8,11H2,(H,21,24). The highest BCUT2D eigenvalue weighted by Gasteiger charge is 2.22. The Labute approximate surface area is 155 Å². The van der Waals surface area contributed by atoms with Crippen LogP contribution >= 0.6 is 11.6 Å². The van der Waals surface area contributed by atoms with E-state index < -0.39 is 5.82 Å². The maximum absolute atomic E-state index is 13.3. The number of fused-ring (bicyclic) bond motifs is 1. The van der Waals surface area contributed by atoms with Gasteiger partial charge in [-0.2, -0.15) is 0 Å². The normalized spacial score (nSPS) is 15.9. The molecule has 0 aliphatic carbocycles. The SMILES string of the molecule is O=C(Nc1ccc2c(c1)OCO2)N1CCN(c2ccc(F)c(Cl)c2)CC1. The summed E-state index contributed by atoms with van der Waals surface area (Å²) in [5.74, 6) is 0.868. The van der Waals surface area contributed by atoms with Gasteiger partial charge < -0.3 is 24.6 Å². The number of nitrogens with one attached hydrogen (secondary N) is 1. The molecule has 26 heavy (non-hydrogen) atoms. The lowest BCUT2D eigenvalue weighted by Crippen LogP contribution is -2.50. The second-order valence-electron chi connectivity index (χ2n) is 6.07. The summed E-state index contributed by atoms with van der Waals surface area (Å²) in [7, 11) is 0. The molecule has 136 valence electrons. The van der Waals surface area contributed by atoms with Gasteiger partial charge in [0.15, 0.2) is 11.5 Å². The molecule has 2 aliphatic heterocycles. The van der Waals surface area contributed by atoms with Gasteiger partial charge >= 0.3 is 6.03 Å². The van der Waals surface area contributed by atoms with Gasteiger partial charge in [0.2, 0.25) is 6.79 Å². The largest absolute Gasteiger partial charge is 0.454 e. The molecule has 0 bridgehead atoms. The van der Waals surface area contributed by atoms with Crippen molar-refractivity contribution < 1.29 is 18.7 Å². The number of carbonyl (C=O) groups excluding carboxylic acids is 1. The molecule has 0 aromatic heterocycles. The van der Waals surface area contributed by atoms with E-state index in [1.54, 1.807) is 35.2 Å². The number of hydrogen-bond acceptors (Lipinski definition) is 4.